The monoisotopic (exact) mass is 386 g/mol. The molecule has 1 aromatic heterocycles. The van der Waals surface area contributed by atoms with Gasteiger partial charge in [-0.2, -0.15) is 0 Å². The summed E-state index contributed by atoms with van der Waals surface area (Å²) >= 11 is 0.965. The topological polar surface area (TPSA) is 111 Å². The highest BCUT2D eigenvalue weighted by molar-refractivity contribution is 7.16. The van der Waals surface area contributed by atoms with Gasteiger partial charge in [-0.3, -0.25) is 9.59 Å². The number of benzene rings is 2. The Kier molecular flexibility index (Phi) is 5.56. The standard InChI is InChI=1S/C19H18N2O5S/c22-14(10-12-4-2-1-3-5-12)11-21(19(25)26)9-8-13-6-7-15(23)16-17(13)27-18(24)20-16/h1-7,23H,8-11H2,(H,20,24)(H,25,26). The first-order valence-electron chi connectivity index (χ1n) is 8.31. The number of aromatic nitrogens is 1. The van der Waals surface area contributed by atoms with Crippen molar-refractivity contribution < 1.29 is 19.8 Å². The Morgan fingerprint density at radius 2 is 1.85 bits per heavy atom. The number of nitrogens with one attached hydrogen (secondary N) is 1. The largest absolute Gasteiger partial charge is 0.506 e. The molecule has 0 bridgehead atoms. The van der Waals surface area contributed by atoms with Gasteiger partial charge in [0.05, 0.1) is 11.2 Å². The summed E-state index contributed by atoms with van der Waals surface area (Å²) < 4.78 is 0.598. The highest BCUT2D eigenvalue weighted by Gasteiger charge is 2.18. The number of hydrogen-bond acceptors (Lipinski definition) is 5. The smallest absolute Gasteiger partial charge is 0.407 e. The second kappa shape index (κ2) is 8.05. The molecule has 3 N–H and O–H groups in total. The number of Topliss-reactive ketones (excluding diaryl/α,β-unsaturated/α-hetero) is 1. The highest BCUT2D eigenvalue weighted by Crippen LogP contribution is 2.28. The van der Waals surface area contributed by atoms with Crippen LogP contribution in [0.15, 0.2) is 47.3 Å². The van der Waals surface area contributed by atoms with Gasteiger partial charge < -0.3 is 20.1 Å². The van der Waals surface area contributed by atoms with Crippen LogP contribution in [-0.4, -0.2) is 45.1 Å². The minimum Gasteiger partial charge on any atom is -0.506 e. The molecule has 0 atom stereocenters. The van der Waals surface area contributed by atoms with E-state index in [0.29, 0.717) is 16.6 Å². The first kappa shape index (κ1) is 18.7. The Morgan fingerprint density at radius 1 is 1.11 bits per heavy atom. The number of amides is 1. The number of aromatic hydroxyl groups is 1. The van der Waals surface area contributed by atoms with Gasteiger partial charge in [0.15, 0.2) is 5.78 Å². The fraction of sp³-hybridized carbons (Fsp3) is 0.211. The van der Waals surface area contributed by atoms with Crippen molar-refractivity contribution in [2.45, 2.75) is 12.8 Å². The number of hydrogen-bond donors (Lipinski definition) is 3. The van der Waals surface area contributed by atoms with Gasteiger partial charge in [0, 0.05) is 13.0 Å². The zero-order chi connectivity index (χ0) is 19.4. The van der Waals surface area contributed by atoms with Crippen molar-refractivity contribution in [3.8, 4) is 5.75 Å². The van der Waals surface area contributed by atoms with E-state index in [1.54, 1.807) is 6.07 Å². The van der Waals surface area contributed by atoms with E-state index < -0.39 is 6.09 Å². The molecule has 1 heterocycles. The molecule has 0 aliphatic carbocycles. The minimum absolute atomic E-state index is 0.0276. The highest BCUT2D eigenvalue weighted by atomic mass is 32.1. The Balaban J connectivity index is 1.69. The van der Waals surface area contributed by atoms with E-state index in [2.05, 4.69) is 4.98 Å². The molecular weight excluding hydrogens is 368 g/mol. The molecule has 0 unspecified atom stereocenters. The number of phenols is 1. The average molecular weight is 386 g/mol. The summed E-state index contributed by atoms with van der Waals surface area (Å²) in [6.45, 7) is -0.0867. The summed E-state index contributed by atoms with van der Waals surface area (Å²) in [6, 6.07) is 12.3. The van der Waals surface area contributed by atoms with E-state index in [1.807, 2.05) is 30.3 Å². The molecule has 0 saturated heterocycles. The molecule has 8 heteroatoms. The fourth-order valence-corrected chi connectivity index (χ4v) is 3.76. The molecular formula is C19H18N2O5S. The molecule has 0 spiro atoms. The number of nitrogens with zero attached hydrogens (tertiary/aromatic N) is 1. The molecule has 0 radical (unpaired) electrons. The normalized spacial score (nSPS) is 10.8. The molecule has 0 saturated carbocycles. The third-order valence-electron chi connectivity index (χ3n) is 4.17. The summed E-state index contributed by atoms with van der Waals surface area (Å²) in [5.41, 5.74) is 1.93. The molecule has 2 aromatic carbocycles. The summed E-state index contributed by atoms with van der Waals surface area (Å²) in [6.07, 6.45) is -0.670. The molecule has 0 aliphatic heterocycles. The first-order chi connectivity index (χ1) is 12.9. The van der Waals surface area contributed by atoms with E-state index in [-0.39, 0.29) is 35.9 Å². The Morgan fingerprint density at radius 3 is 2.56 bits per heavy atom. The maximum atomic E-state index is 12.2. The molecule has 1 amide bonds. The van der Waals surface area contributed by atoms with E-state index in [1.165, 1.54) is 6.07 Å². The zero-order valence-corrected chi connectivity index (χ0v) is 15.2. The van der Waals surface area contributed by atoms with Crippen molar-refractivity contribution in [3.63, 3.8) is 0 Å². The Hall–Kier alpha value is -3.13. The van der Waals surface area contributed by atoms with Crippen molar-refractivity contribution in [1.82, 2.24) is 9.88 Å². The van der Waals surface area contributed by atoms with E-state index in [9.17, 15) is 24.6 Å². The van der Waals surface area contributed by atoms with Crippen LogP contribution in [0.1, 0.15) is 11.1 Å². The number of thiazole rings is 1. The van der Waals surface area contributed by atoms with Crippen molar-refractivity contribution in [2.24, 2.45) is 0 Å². The van der Waals surface area contributed by atoms with Crippen LogP contribution in [-0.2, 0) is 17.6 Å². The quantitative estimate of drug-likeness (QED) is 0.578. The van der Waals surface area contributed by atoms with E-state index in [4.69, 9.17) is 0 Å². The van der Waals surface area contributed by atoms with Crippen molar-refractivity contribution >= 4 is 33.4 Å². The van der Waals surface area contributed by atoms with Crippen LogP contribution >= 0.6 is 11.3 Å². The lowest BCUT2D eigenvalue weighted by Gasteiger charge is -2.18. The zero-order valence-electron chi connectivity index (χ0n) is 14.3. The average Bonchev–Trinajstić information content (AvgIpc) is 3.03. The maximum absolute atomic E-state index is 12.2. The lowest BCUT2D eigenvalue weighted by molar-refractivity contribution is -0.119. The lowest BCUT2D eigenvalue weighted by atomic mass is 10.1. The van der Waals surface area contributed by atoms with Gasteiger partial charge >= 0.3 is 11.0 Å². The summed E-state index contributed by atoms with van der Waals surface area (Å²) in [7, 11) is 0. The molecule has 7 nitrogen and oxygen atoms in total. The minimum atomic E-state index is -1.17. The number of carbonyl (C=O) groups excluding carboxylic acids is 1. The van der Waals surface area contributed by atoms with Gasteiger partial charge in [0.1, 0.15) is 11.3 Å². The fourth-order valence-electron chi connectivity index (χ4n) is 2.86. The summed E-state index contributed by atoms with van der Waals surface area (Å²) in [5.74, 6) is -0.217. The van der Waals surface area contributed by atoms with Crippen LogP contribution in [0.25, 0.3) is 10.2 Å². The molecule has 0 aliphatic rings. The van der Waals surface area contributed by atoms with E-state index in [0.717, 1.165) is 27.4 Å². The SMILES string of the molecule is O=C(Cc1ccccc1)CN(CCc1ccc(O)c2[nH]c(=O)sc12)C(=O)O. The van der Waals surface area contributed by atoms with Crippen LogP contribution in [0.3, 0.4) is 0 Å². The van der Waals surface area contributed by atoms with Gasteiger partial charge in [-0.15, -0.1) is 0 Å². The number of phenolic OH excluding ortho intramolecular Hbond substituents is 1. The number of aromatic amines is 1. The second-order valence-electron chi connectivity index (χ2n) is 6.12. The number of ketones is 1. The van der Waals surface area contributed by atoms with Crippen molar-refractivity contribution in [1.29, 1.82) is 0 Å². The number of H-pyrrole nitrogens is 1. The summed E-state index contributed by atoms with van der Waals surface area (Å²) in [4.78, 5) is 38.6. The number of fused-ring (bicyclic) bond motifs is 1. The second-order valence-corrected chi connectivity index (χ2v) is 7.10. The third kappa shape index (κ3) is 4.53. The van der Waals surface area contributed by atoms with E-state index >= 15 is 0 Å². The number of carboxylic acid groups (broad SMARTS) is 1. The Labute approximate surface area is 158 Å². The Bertz CT molecular complexity index is 1030. The number of carbonyl (C=O) groups is 2. The predicted molar refractivity (Wildman–Crippen MR) is 103 cm³/mol. The van der Waals surface area contributed by atoms with Gasteiger partial charge in [-0.1, -0.05) is 47.7 Å². The van der Waals surface area contributed by atoms with Crippen LogP contribution in [0.5, 0.6) is 5.75 Å². The van der Waals surface area contributed by atoms with Gasteiger partial charge in [-0.05, 0) is 23.6 Å². The molecule has 140 valence electrons. The molecule has 3 aromatic rings. The van der Waals surface area contributed by atoms with Crippen LogP contribution in [0.2, 0.25) is 0 Å². The molecule has 0 fully saturated rings. The lowest BCUT2D eigenvalue weighted by Crippen LogP contribution is -2.36. The van der Waals surface area contributed by atoms with Crippen molar-refractivity contribution in [2.75, 3.05) is 13.1 Å². The summed E-state index contributed by atoms with van der Waals surface area (Å²) in [5, 5.41) is 19.2. The van der Waals surface area contributed by atoms with Gasteiger partial charge in [0.2, 0.25) is 0 Å². The molecule has 27 heavy (non-hydrogen) atoms. The predicted octanol–water partition coefficient (Wildman–Crippen LogP) is 2.63. The van der Waals surface area contributed by atoms with Crippen LogP contribution in [0, 0.1) is 0 Å². The van der Waals surface area contributed by atoms with Crippen LogP contribution < -0.4 is 4.87 Å². The van der Waals surface area contributed by atoms with Gasteiger partial charge in [0.25, 0.3) is 0 Å². The van der Waals surface area contributed by atoms with Crippen LogP contribution in [0.4, 0.5) is 4.79 Å². The third-order valence-corrected chi connectivity index (χ3v) is 5.13. The maximum Gasteiger partial charge on any atom is 0.407 e. The first-order valence-corrected chi connectivity index (χ1v) is 9.13. The van der Waals surface area contributed by atoms with Crippen molar-refractivity contribution in [3.05, 3.63) is 63.3 Å². The molecule has 3 rings (SSSR count). The van der Waals surface area contributed by atoms with Gasteiger partial charge in [-0.25, -0.2) is 4.79 Å². The number of rotatable bonds is 7.